The average molecular weight is 563 g/mol. The monoisotopic (exact) mass is 562 g/mol. The third-order valence-corrected chi connectivity index (χ3v) is 5.83. The second-order valence-corrected chi connectivity index (χ2v) is 8.71. The van der Waals surface area contributed by atoms with Crippen molar-refractivity contribution in [1.82, 2.24) is 9.99 Å². The first kappa shape index (κ1) is 28.4. The predicted octanol–water partition coefficient (Wildman–Crippen LogP) is 4.41. The highest BCUT2D eigenvalue weighted by molar-refractivity contribution is 5.92. The summed E-state index contributed by atoms with van der Waals surface area (Å²) in [6, 6.07) is 17.2. The van der Waals surface area contributed by atoms with Gasteiger partial charge in [0.2, 0.25) is 5.75 Å². The van der Waals surface area contributed by atoms with Crippen LogP contribution in [0.25, 0.3) is 5.69 Å². The molecule has 0 aliphatic carbocycles. The number of nitro groups is 1. The first-order valence-electron chi connectivity index (χ1n) is 12.2. The number of nitrogens with one attached hydrogen (secondary N) is 1. The summed E-state index contributed by atoms with van der Waals surface area (Å²) >= 11 is 0. The molecule has 2 aromatic heterocycles. The van der Waals surface area contributed by atoms with Gasteiger partial charge in [0.1, 0.15) is 18.1 Å². The summed E-state index contributed by atoms with van der Waals surface area (Å²) in [6.45, 7) is 3.37. The number of amides is 1. The first-order valence-corrected chi connectivity index (χ1v) is 12.2. The number of rotatable bonds is 12. The molecular formula is C28H26N4O9. The summed E-state index contributed by atoms with van der Waals surface area (Å²) in [6.07, 6.45) is 1.15. The Labute approximate surface area is 233 Å². The lowest BCUT2D eigenvalue weighted by molar-refractivity contribution is -0.385. The molecule has 13 nitrogen and oxygen atoms in total. The van der Waals surface area contributed by atoms with Gasteiger partial charge in [-0.3, -0.25) is 14.9 Å². The molecule has 0 bridgehead atoms. The van der Waals surface area contributed by atoms with Gasteiger partial charge in [-0.25, -0.2) is 10.2 Å². The SMILES string of the molecule is COc1cc(/C=N/NC(=O)c2ccc(COc3ccc(-n4c(C)ccc4C)cc3)o2)cc([N+](=O)[O-])c1OCC(=O)O. The van der Waals surface area contributed by atoms with Crippen LogP contribution in [0.5, 0.6) is 17.2 Å². The Balaban J connectivity index is 1.36. The summed E-state index contributed by atoms with van der Waals surface area (Å²) in [7, 11) is 1.24. The number of carbonyl (C=O) groups is 2. The molecule has 0 fully saturated rings. The van der Waals surface area contributed by atoms with E-state index in [1.807, 2.05) is 38.1 Å². The lowest BCUT2D eigenvalue weighted by Gasteiger charge is -2.10. The van der Waals surface area contributed by atoms with E-state index in [-0.39, 0.29) is 29.4 Å². The number of methoxy groups -OCH3 is 1. The van der Waals surface area contributed by atoms with Crippen molar-refractivity contribution in [2.75, 3.05) is 13.7 Å². The number of furan rings is 1. The number of nitrogens with zero attached hydrogens (tertiary/aromatic N) is 3. The van der Waals surface area contributed by atoms with Gasteiger partial charge < -0.3 is 28.3 Å². The van der Waals surface area contributed by atoms with Gasteiger partial charge in [0, 0.05) is 28.7 Å². The van der Waals surface area contributed by atoms with Gasteiger partial charge in [0.05, 0.1) is 18.2 Å². The number of carboxylic acids is 1. The molecule has 0 atom stereocenters. The Kier molecular flexibility index (Phi) is 8.67. The van der Waals surface area contributed by atoms with Crippen molar-refractivity contribution in [3.8, 4) is 22.9 Å². The molecule has 0 aliphatic rings. The minimum atomic E-state index is -1.31. The maximum absolute atomic E-state index is 12.5. The molecule has 13 heteroatoms. The second-order valence-electron chi connectivity index (χ2n) is 8.71. The maximum Gasteiger partial charge on any atom is 0.341 e. The van der Waals surface area contributed by atoms with E-state index in [4.69, 9.17) is 23.7 Å². The standard InChI is InChI=1S/C28H26N4O9/c1-17-4-5-18(2)31(17)20-6-8-21(9-7-20)39-15-22-10-11-24(41-22)28(35)30-29-14-19-12-23(32(36)37)27(25(13-19)38-3)40-16-26(33)34/h4-14H,15-16H2,1-3H3,(H,30,35)(H,33,34)/b29-14+. The second kappa shape index (κ2) is 12.5. The van der Waals surface area contributed by atoms with Gasteiger partial charge >= 0.3 is 17.6 Å². The van der Waals surface area contributed by atoms with E-state index in [9.17, 15) is 19.7 Å². The quantitative estimate of drug-likeness (QED) is 0.144. The molecule has 41 heavy (non-hydrogen) atoms. The minimum Gasteiger partial charge on any atom is -0.493 e. The zero-order chi connectivity index (χ0) is 29.5. The van der Waals surface area contributed by atoms with E-state index in [0.717, 1.165) is 29.4 Å². The Morgan fingerprint density at radius 1 is 1.07 bits per heavy atom. The summed E-state index contributed by atoms with van der Waals surface area (Å²) in [5.74, 6) is -1.35. The van der Waals surface area contributed by atoms with E-state index in [1.54, 1.807) is 6.07 Å². The molecule has 0 radical (unpaired) electrons. The normalized spacial score (nSPS) is 10.9. The highest BCUT2D eigenvalue weighted by Crippen LogP contribution is 2.38. The number of hydrazone groups is 1. The molecule has 4 aromatic rings. The molecule has 4 rings (SSSR count). The van der Waals surface area contributed by atoms with Crippen molar-refractivity contribution in [2.45, 2.75) is 20.5 Å². The number of benzene rings is 2. The molecule has 0 saturated heterocycles. The number of hydrogen-bond acceptors (Lipinski definition) is 9. The first-order chi connectivity index (χ1) is 19.7. The van der Waals surface area contributed by atoms with Crippen molar-refractivity contribution in [2.24, 2.45) is 5.10 Å². The predicted molar refractivity (Wildman–Crippen MR) is 146 cm³/mol. The van der Waals surface area contributed by atoms with Crippen LogP contribution in [0.4, 0.5) is 5.69 Å². The minimum absolute atomic E-state index is 0.0179. The van der Waals surface area contributed by atoms with Gasteiger partial charge in [-0.1, -0.05) is 0 Å². The van der Waals surface area contributed by atoms with Gasteiger partial charge in [-0.15, -0.1) is 0 Å². The van der Waals surface area contributed by atoms with Crippen molar-refractivity contribution in [3.63, 3.8) is 0 Å². The zero-order valence-corrected chi connectivity index (χ0v) is 22.3. The smallest absolute Gasteiger partial charge is 0.341 e. The number of ether oxygens (including phenoxy) is 3. The van der Waals surface area contributed by atoms with Crippen LogP contribution >= 0.6 is 0 Å². The van der Waals surface area contributed by atoms with Gasteiger partial charge in [-0.2, -0.15) is 5.10 Å². The molecule has 1 amide bonds. The van der Waals surface area contributed by atoms with Crippen LogP contribution in [0, 0.1) is 24.0 Å². The highest BCUT2D eigenvalue weighted by Gasteiger charge is 2.23. The van der Waals surface area contributed by atoms with Crippen LogP contribution in [-0.4, -0.2) is 46.4 Å². The van der Waals surface area contributed by atoms with E-state index in [1.165, 1.54) is 19.2 Å². The van der Waals surface area contributed by atoms with Crippen LogP contribution in [0.15, 0.2) is 70.2 Å². The molecule has 0 unspecified atom stereocenters. The third-order valence-electron chi connectivity index (χ3n) is 5.83. The Bertz CT molecular complexity index is 1580. The van der Waals surface area contributed by atoms with Crippen LogP contribution in [0.3, 0.4) is 0 Å². The van der Waals surface area contributed by atoms with Crippen molar-refractivity contribution in [1.29, 1.82) is 0 Å². The fourth-order valence-corrected chi connectivity index (χ4v) is 3.97. The summed E-state index contributed by atoms with van der Waals surface area (Å²) in [5, 5.41) is 24.1. The van der Waals surface area contributed by atoms with E-state index in [2.05, 4.69) is 27.2 Å². The summed E-state index contributed by atoms with van der Waals surface area (Å²) in [5.41, 5.74) is 5.22. The fourth-order valence-electron chi connectivity index (χ4n) is 3.97. The molecule has 212 valence electrons. The number of aromatic nitrogens is 1. The molecule has 2 aromatic carbocycles. The number of hydrogen-bond donors (Lipinski definition) is 2. The molecular weight excluding hydrogens is 536 g/mol. The van der Waals surface area contributed by atoms with Crippen molar-refractivity contribution >= 4 is 23.8 Å². The van der Waals surface area contributed by atoms with Crippen molar-refractivity contribution in [3.05, 3.63) is 99.2 Å². The van der Waals surface area contributed by atoms with E-state index < -0.39 is 29.1 Å². The third kappa shape index (κ3) is 6.89. The molecule has 2 heterocycles. The van der Waals surface area contributed by atoms with Crippen LogP contribution < -0.4 is 19.6 Å². The number of carboxylic acid groups (broad SMARTS) is 1. The maximum atomic E-state index is 12.5. The lowest BCUT2D eigenvalue weighted by atomic mass is 10.2. The van der Waals surface area contributed by atoms with Gasteiger partial charge in [0.25, 0.3) is 0 Å². The largest absolute Gasteiger partial charge is 0.493 e. The number of aryl methyl sites for hydroxylation is 2. The average Bonchev–Trinajstić information content (AvgIpc) is 3.56. The number of carbonyl (C=O) groups excluding carboxylic acids is 1. The number of aliphatic carboxylic acids is 1. The molecule has 2 N–H and O–H groups in total. The van der Waals surface area contributed by atoms with Crippen molar-refractivity contribution < 1.29 is 38.2 Å². The Morgan fingerprint density at radius 3 is 2.41 bits per heavy atom. The van der Waals surface area contributed by atoms with Crippen LogP contribution in [0.1, 0.15) is 33.3 Å². The zero-order valence-electron chi connectivity index (χ0n) is 22.3. The summed E-state index contributed by atoms with van der Waals surface area (Å²) in [4.78, 5) is 34.0. The molecule has 0 spiro atoms. The van der Waals surface area contributed by atoms with Gasteiger partial charge in [0.15, 0.2) is 18.1 Å². The van der Waals surface area contributed by atoms with E-state index >= 15 is 0 Å². The molecule has 0 saturated carbocycles. The van der Waals surface area contributed by atoms with Crippen LogP contribution in [0.2, 0.25) is 0 Å². The fraction of sp³-hybridized carbons (Fsp3) is 0.179. The van der Waals surface area contributed by atoms with Crippen LogP contribution in [-0.2, 0) is 11.4 Å². The summed E-state index contributed by atoms with van der Waals surface area (Å²) < 4.78 is 23.6. The highest BCUT2D eigenvalue weighted by atomic mass is 16.6. The Morgan fingerprint density at radius 2 is 1.78 bits per heavy atom. The number of nitro benzene ring substituents is 1. The van der Waals surface area contributed by atoms with Gasteiger partial charge in [-0.05, 0) is 68.4 Å². The Hall–Kier alpha value is -5.59. The molecule has 0 aliphatic heterocycles. The topological polar surface area (TPSA) is 168 Å². The lowest BCUT2D eigenvalue weighted by Crippen LogP contribution is -2.16. The van der Waals surface area contributed by atoms with E-state index in [0.29, 0.717) is 11.5 Å².